The summed E-state index contributed by atoms with van der Waals surface area (Å²) >= 11 is 3.39. The van der Waals surface area contributed by atoms with Gasteiger partial charge in [-0.05, 0) is 42.8 Å². The molecule has 7 heteroatoms. The summed E-state index contributed by atoms with van der Waals surface area (Å²) in [4.78, 5) is 23.8. The molecule has 0 aliphatic heterocycles. The molecule has 0 heterocycles. The first-order valence-electron chi connectivity index (χ1n) is 7.12. The summed E-state index contributed by atoms with van der Waals surface area (Å²) in [6, 6.07) is 12.1. The lowest BCUT2D eigenvalue weighted by molar-refractivity contribution is -0.123. The second kappa shape index (κ2) is 8.35. The average molecular weight is 393 g/mol. The molecule has 24 heavy (non-hydrogen) atoms. The standard InChI is InChI=1S/C17H17BrN2O4/c1-11-9-12(7-8-14(11)18)24-10-16(21)19-20-17(22)13-5-3-4-6-15(13)23-2/h3-9H,10H2,1-2H3,(H,19,21)(H,20,22). The predicted molar refractivity (Wildman–Crippen MR) is 93.0 cm³/mol. The number of hydrogen-bond donors (Lipinski definition) is 2. The van der Waals surface area contributed by atoms with Crippen LogP contribution in [0.3, 0.4) is 0 Å². The molecule has 0 saturated carbocycles. The topological polar surface area (TPSA) is 76.7 Å². The number of benzene rings is 2. The van der Waals surface area contributed by atoms with Gasteiger partial charge in [0, 0.05) is 4.47 Å². The largest absolute Gasteiger partial charge is 0.496 e. The van der Waals surface area contributed by atoms with Gasteiger partial charge < -0.3 is 9.47 Å². The lowest BCUT2D eigenvalue weighted by Gasteiger charge is -2.11. The highest BCUT2D eigenvalue weighted by molar-refractivity contribution is 9.10. The van der Waals surface area contributed by atoms with Crippen LogP contribution in [0.15, 0.2) is 46.9 Å². The van der Waals surface area contributed by atoms with Gasteiger partial charge in [0.2, 0.25) is 0 Å². The van der Waals surface area contributed by atoms with Crippen LogP contribution in [0, 0.1) is 6.92 Å². The Morgan fingerprint density at radius 3 is 2.58 bits per heavy atom. The van der Waals surface area contributed by atoms with Gasteiger partial charge in [-0.25, -0.2) is 0 Å². The van der Waals surface area contributed by atoms with Crippen molar-refractivity contribution in [2.75, 3.05) is 13.7 Å². The first-order chi connectivity index (χ1) is 11.5. The Bertz CT molecular complexity index is 749. The summed E-state index contributed by atoms with van der Waals surface area (Å²) in [5.74, 6) is 0.0480. The molecule has 0 fully saturated rings. The SMILES string of the molecule is COc1ccccc1C(=O)NNC(=O)COc1ccc(Br)c(C)c1. The Morgan fingerprint density at radius 2 is 1.88 bits per heavy atom. The molecular formula is C17H17BrN2O4. The lowest BCUT2D eigenvalue weighted by atomic mass is 10.2. The molecule has 2 aromatic carbocycles. The second-order valence-electron chi connectivity index (χ2n) is 4.90. The molecule has 0 atom stereocenters. The number of nitrogens with one attached hydrogen (secondary N) is 2. The Labute approximate surface area is 148 Å². The number of halogens is 1. The fourth-order valence-electron chi connectivity index (χ4n) is 1.92. The van der Waals surface area contributed by atoms with E-state index in [9.17, 15) is 9.59 Å². The lowest BCUT2D eigenvalue weighted by Crippen LogP contribution is -2.43. The first-order valence-corrected chi connectivity index (χ1v) is 7.91. The van der Waals surface area contributed by atoms with Crippen LogP contribution in [0.1, 0.15) is 15.9 Å². The average Bonchev–Trinajstić information content (AvgIpc) is 2.60. The maximum absolute atomic E-state index is 12.0. The van der Waals surface area contributed by atoms with Crippen molar-refractivity contribution in [2.24, 2.45) is 0 Å². The van der Waals surface area contributed by atoms with Crippen LogP contribution in [-0.2, 0) is 4.79 Å². The number of carbonyl (C=O) groups excluding carboxylic acids is 2. The van der Waals surface area contributed by atoms with Crippen molar-refractivity contribution in [3.05, 3.63) is 58.1 Å². The van der Waals surface area contributed by atoms with Crippen molar-refractivity contribution in [2.45, 2.75) is 6.92 Å². The summed E-state index contributed by atoms with van der Waals surface area (Å²) in [7, 11) is 1.47. The normalized spacial score (nSPS) is 9.96. The minimum Gasteiger partial charge on any atom is -0.496 e. The van der Waals surface area contributed by atoms with Crippen LogP contribution in [-0.4, -0.2) is 25.5 Å². The molecule has 0 aliphatic carbocycles. The van der Waals surface area contributed by atoms with Crippen LogP contribution < -0.4 is 20.3 Å². The number of hydrazine groups is 1. The number of para-hydroxylation sites is 1. The quantitative estimate of drug-likeness (QED) is 0.766. The molecule has 2 amide bonds. The summed E-state index contributed by atoms with van der Waals surface area (Å²) < 4.78 is 11.4. The van der Waals surface area contributed by atoms with E-state index in [1.54, 1.807) is 30.3 Å². The minimum absolute atomic E-state index is 0.215. The first kappa shape index (κ1) is 17.8. The van der Waals surface area contributed by atoms with Gasteiger partial charge in [0.15, 0.2) is 6.61 Å². The van der Waals surface area contributed by atoms with Gasteiger partial charge in [-0.2, -0.15) is 0 Å². The highest BCUT2D eigenvalue weighted by atomic mass is 79.9. The highest BCUT2D eigenvalue weighted by Gasteiger charge is 2.12. The fraction of sp³-hybridized carbons (Fsp3) is 0.176. The maximum Gasteiger partial charge on any atom is 0.276 e. The van der Waals surface area contributed by atoms with E-state index in [2.05, 4.69) is 26.8 Å². The van der Waals surface area contributed by atoms with Gasteiger partial charge in [-0.15, -0.1) is 0 Å². The zero-order valence-corrected chi connectivity index (χ0v) is 14.8. The number of amides is 2. The van der Waals surface area contributed by atoms with E-state index < -0.39 is 11.8 Å². The van der Waals surface area contributed by atoms with Gasteiger partial charge >= 0.3 is 0 Å². The number of carbonyl (C=O) groups is 2. The van der Waals surface area contributed by atoms with Crippen molar-refractivity contribution in [1.82, 2.24) is 10.9 Å². The Kier molecular flexibility index (Phi) is 6.20. The van der Waals surface area contributed by atoms with Crippen LogP contribution in [0.2, 0.25) is 0 Å². The Morgan fingerprint density at radius 1 is 1.12 bits per heavy atom. The number of hydrogen-bond acceptors (Lipinski definition) is 4. The van der Waals surface area contributed by atoms with Crippen LogP contribution in [0.4, 0.5) is 0 Å². The molecule has 2 aromatic rings. The molecule has 0 saturated heterocycles. The maximum atomic E-state index is 12.0. The summed E-state index contributed by atoms with van der Waals surface area (Å²) in [6.07, 6.45) is 0. The molecule has 0 bridgehead atoms. The number of rotatable bonds is 5. The van der Waals surface area contributed by atoms with E-state index >= 15 is 0 Å². The third-order valence-corrected chi connectivity index (χ3v) is 4.06. The van der Waals surface area contributed by atoms with Crippen LogP contribution in [0.25, 0.3) is 0 Å². The minimum atomic E-state index is -0.473. The molecule has 0 aromatic heterocycles. The number of ether oxygens (including phenoxy) is 2. The third kappa shape index (κ3) is 4.73. The summed E-state index contributed by atoms with van der Waals surface area (Å²) in [6.45, 7) is 1.71. The molecule has 2 N–H and O–H groups in total. The number of methoxy groups -OCH3 is 1. The molecular weight excluding hydrogens is 376 g/mol. The fourth-order valence-corrected chi connectivity index (χ4v) is 2.16. The van der Waals surface area contributed by atoms with Crippen molar-refractivity contribution in [1.29, 1.82) is 0 Å². The Balaban J connectivity index is 1.84. The highest BCUT2D eigenvalue weighted by Crippen LogP contribution is 2.21. The smallest absolute Gasteiger partial charge is 0.276 e. The van der Waals surface area contributed by atoms with Gasteiger partial charge in [0.25, 0.3) is 11.8 Å². The van der Waals surface area contributed by atoms with E-state index in [-0.39, 0.29) is 6.61 Å². The zero-order valence-electron chi connectivity index (χ0n) is 13.3. The summed E-state index contributed by atoms with van der Waals surface area (Å²) in [5.41, 5.74) is 5.95. The molecule has 6 nitrogen and oxygen atoms in total. The molecule has 2 rings (SSSR count). The summed E-state index contributed by atoms with van der Waals surface area (Å²) in [5, 5.41) is 0. The van der Waals surface area contributed by atoms with Gasteiger partial charge in [-0.1, -0.05) is 28.1 Å². The van der Waals surface area contributed by atoms with Crippen molar-refractivity contribution in [3.8, 4) is 11.5 Å². The van der Waals surface area contributed by atoms with E-state index in [0.29, 0.717) is 17.1 Å². The molecule has 0 radical (unpaired) electrons. The van der Waals surface area contributed by atoms with Gasteiger partial charge in [-0.3, -0.25) is 20.4 Å². The van der Waals surface area contributed by atoms with Gasteiger partial charge in [0.1, 0.15) is 11.5 Å². The monoisotopic (exact) mass is 392 g/mol. The molecule has 0 spiro atoms. The van der Waals surface area contributed by atoms with E-state index in [4.69, 9.17) is 9.47 Å². The van der Waals surface area contributed by atoms with Crippen molar-refractivity contribution in [3.63, 3.8) is 0 Å². The van der Waals surface area contributed by atoms with E-state index in [1.807, 2.05) is 19.1 Å². The van der Waals surface area contributed by atoms with Crippen LogP contribution in [0.5, 0.6) is 11.5 Å². The van der Waals surface area contributed by atoms with E-state index in [0.717, 1.165) is 10.0 Å². The van der Waals surface area contributed by atoms with Crippen molar-refractivity contribution < 1.29 is 19.1 Å². The van der Waals surface area contributed by atoms with Crippen molar-refractivity contribution >= 4 is 27.7 Å². The second-order valence-corrected chi connectivity index (χ2v) is 5.76. The Hall–Kier alpha value is -2.54. The van der Waals surface area contributed by atoms with Crippen LogP contribution >= 0.6 is 15.9 Å². The molecule has 0 aliphatic rings. The molecule has 0 unspecified atom stereocenters. The van der Waals surface area contributed by atoms with Gasteiger partial charge in [0.05, 0.1) is 12.7 Å². The van der Waals surface area contributed by atoms with E-state index in [1.165, 1.54) is 7.11 Å². The predicted octanol–water partition coefficient (Wildman–Crippen LogP) is 2.61. The third-order valence-electron chi connectivity index (χ3n) is 3.17. The zero-order chi connectivity index (χ0) is 17.5. The molecule has 126 valence electrons. The number of aryl methyl sites for hydroxylation is 1.